The van der Waals surface area contributed by atoms with E-state index in [0.29, 0.717) is 38.6 Å². The summed E-state index contributed by atoms with van der Waals surface area (Å²) in [5, 5.41) is 2.86. The predicted molar refractivity (Wildman–Crippen MR) is 150 cm³/mol. The van der Waals surface area contributed by atoms with E-state index in [1.54, 1.807) is 24.3 Å². The van der Waals surface area contributed by atoms with Gasteiger partial charge in [0.15, 0.2) is 22.4 Å². The van der Waals surface area contributed by atoms with Crippen molar-refractivity contribution >= 4 is 57.6 Å². The highest BCUT2D eigenvalue weighted by Crippen LogP contribution is 2.37. The van der Waals surface area contributed by atoms with Crippen molar-refractivity contribution < 1.29 is 23.5 Å². The number of aryl methyl sites for hydroxylation is 2. The zero-order chi connectivity index (χ0) is 26.5. The summed E-state index contributed by atoms with van der Waals surface area (Å²) in [5.74, 6) is -0.109. The molecule has 190 valence electrons. The number of nitrogens with zero attached hydrogens (tertiary/aromatic N) is 1. The summed E-state index contributed by atoms with van der Waals surface area (Å²) in [6.07, 6.45) is 1.71. The van der Waals surface area contributed by atoms with E-state index < -0.39 is 5.82 Å². The van der Waals surface area contributed by atoms with Crippen molar-refractivity contribution in [2.45, 2.75) is 20.8 Å². The molecule has 6 nitrogen and oxygen atoms in total. The fourth-order valence-corrected chi connectivity index (χ4v) is 5.02. The molecule has 0 aliphatic carbocycles. The molecule has 0 unspecified atom stereocenters. The summed E-state index contributed by atoms with van der Waals surface area (Å²) < 4.78 is 25.1. The van der Waals surface area contributed by atoms with Gasteiger partial charge in [-0.25, -0.2) is 4.39 Å². The zero-order valence-corrected chi connectivity index (χ0v) is 22.2. The summed E-state index contributed by atoms with van der Waals surface area (Å²) in [6.45, 7) is 5.97. The number of hydrogen-bond acceptors (Lipinski definition) is 6. The first-order chi connectivity index (χ1) is 17.7. The van der Waals surface area contributed by atoms with Crippen molar-refractivity contribution in [1.29, 1.82) is 0 Å². The van der Waals surface area contributed by atoms with Gasteiger partial charge in [0.05, 0.1) is 17.2 Å². The second kappa shape index (κ2) is 11.6. The van der Waals surface area contributed by atoms with E-state index in [1.165, 1.54) is 40.9 Å². The third-order valence-electron chi connectivity index (χ3n) is 5.46. The average molecular weight is 537 g/mol. The Balaban J connectivity index is 1.47. The van der Waals surface area contributed by atoms with Gasteiger partial charge in [0.2, 0.25) is 0 Å². The molecule has 0 atom stereocenters. The van der Waals surface area contributed by atoms with Gasteiger partial charge in [0, 0.05) is 5.69 Å². The Bertz CT molecular complexity index is 1390. The van der Waals surface area contributed by atoms with Crippen LogP contribution in [0, 0.1) is 19.7 Å². The van der Waals surface area contributed by atoms with Gasteiger partial charge in [0.25, 0.3) is 11.8 Å². The topological polar surface area (TPSA) is 67.9 Å². The summed E-state index contributed by atoms with van der Waals surface area (Å²) in [6, 6.07) is 16.6. The van der Waals surface area contributed by atoms with Gasteiger partial charge in [-0.05, 0) is 80.4 Å². The molecule has 1 saturated heterocycles. The largest absolute Gasteiger partial charge is 0.490 e. The Morgan fingerprint density at radius 2 is 1.81 bits per heavy atom. The standard InChI is InChI=1S/C28H25FN2O4S2/c1-4-34-24-14-19(15-25-27(33)31(28(36)37-25)21-9-7-20(29)8-10-21)6-12-23(24)35-16-26(32)30-22-11-5-17(2)13-18(22)3/h5-15H,4,16H2,1-3H3,(H,30,32)/b25-15-. The number of thiocarbonyl (C=S) groups is 1. The number of nitrogens with one attached hydrogen (secondary N) is 1. The van der Waals surface area contributed by atoms with Crippen LogP contribution in [0.25, 0.3) is 6.08 Å². The monoisotopic (exact) mass is 536 g/mol. The van der Waals surface area contributed by atoms with E-state index >= 15 is 0 Å². The van der Waals surface area contributed by atoms with E-state index in [-0.39, 0.29) is 18.4 Å². The molecule has 1 aliphatic rings. The molecule has 0 aromatic heterocycles. The Morgan fingerprint density at radius 1 is 1.05 bits per heavy atom. The van der Waals surface area contributed by atoms with Crippen LogP contribution in [-0.2, 0) is 9.59 Å². The summed E-state index contributed by atoms with van der Waals surface area (Å²) in [5.41, 5.74) is 4.03. The number of thioether (sulfide) groups is 1. The summed E-state index contributed by atoms with van der Waals surface area (Å²) in [7, 11) is 0. The Labute approximate surface area is 224 Å². The van der Waals surface area contributed by atoms with Crippen molar-refractivity contribution in [2.75, 3.05) is 23.4 Å². The second-order valence-electron chi connectivity index (χ2n) is 8.29. The van der Waals surface area contributed by atoms with Gasteiger partial charge < -0.3 is 14.8 Å². The summed E-state index contributed by atoms with van der Waals surface area (Å²) in [4.78, 5) is 27.3. The molecular formula is C28H25FN2O4S2. The van der Waals surface area contributed by atoms with Crippen LogP contribution in [0.4, 0.5) is 15.8 Å². The predicted octanol–water partition coefficient (Wildman–Crippen LogP) is 6.26. The number of ether oxygens (including phenoxy) is 2. The lowest BCUT2D eigenvalue weighted by atomic mass is 10.1. The molecule has 37 heavy (non-hydrogen) atoms. The SMILES string of the molecule is CCOc1cc(/C=C2\SC(=S)N(c3ccc(F)cc3)C2=O)ccc1OCC(=O)Nc1ccc(C)cc1C. The van der Waals surface area contributed by atoms with Crippen molar-refractivity contribution in [1.82, 2.24) is 0 Å². The van der Waals surface area contributed by atoms with E-state index in [1.807, 2.05) is 39.0 Å². The molecule has 0 bridgehead atoms. The summed E-state index contributed by atoms with van der Waals surface area (Å²) >= 11 is 6.55. The smallest absolute Gasteiger partial charge is 0.270 e. The maximum Gasteiger partial charge on any atom is 0.270 e. The van der Waals surface area contributed by atoms with Crippen molar-refractivity contribution in [3.05, 3.63) is 88.1 Å². The maximum atomic E-state index is 13.3. The molecule has 1 heterocycles. The minimum Gasteiger partial charge on any atom is -0.490 e. The first kappa shape index (κ1) is 26.4. The molecule has 9 heteroatoms. The van der Waals surface area contributed by atoms with Gasteiger partial charge in [0.1, 0.15) is 5.82 Å². The van der Waals surface area contributed by atoms with Crippen LogP contribution in [0.15, 0.2) is 65.6 Å². The normalized spacial score (nSPS) is 14.3. The molecule has 1 fully saturated rings. The number of carbonyl (C=O) groups is 2. The van der Waals surface area contributed by atoms with Gasteiger partial charge in [-0.15, -0.1) is 0 Å². The number of anilines is 2. The highest BCUT2D eigenvalue weighted by atomic mass is 32.2. The number of rotatable bonds is 8. The molecule has 4 rings (SSSR count). The Morgan fingerprint density at radius 3 is 2.51 bits per heavy atom. The average Bonchev–Trinajstić information content (AvgIpc) is 3.13. The highest BCUT2D eigenvalue weighted by Gasteiger charge is 2.33. The molecular weight excluding hydrogens is 511 g/mol. The Kier molecular flexibility index (Phi) is 8.25. The van der Waals surface area contributed by atoms with Crippen molar-refractivity contribution in [2.24, 2.45) is 0 Å². The van der Waals surface area contributed by atoms with Crippen LogP contribution < -0.4 is 19.7 Å². The van der Waals surface area contributed by atoms with Crippen molar-refractivity contribution in [3.63, 3.8) is 0 Å². The number of hydrogen-bond donors (Lipinski definition) is 1. The fourth-order valence-electron chi connectivity index (χ4n) is 3.72. The van der Waals surface area contributed by atoms with E-state index in [9.17, 15) is 14.0 Å². The van der Waals surface area contributed by atoms with Crippen molar-refractivity contribution in [3.8, 4) is 11.5 Å². The third-order valence-corrected chi connectivity index (χ3v) is 6.76. The van der Waals surface area contributed by atoms with Gasteiger partial charge in [-0.1, -0.05) is 47.7 Å². The molecule has 3 aromatic rings. The Hall–Kier alpha value is -3.69. The lowest BCUT2D eigenvalue weighted by molar-refractivity contribution is -0.118. The number of amides is 2. The van der Waals surface area contributed by atoms with Crippen LogP contribution in [0.5, 0.6) is 11.5 Å². The molecule has 2 amide bonds. The van der Waals surface area contributed by atoms with Crippen LogP contribution in [0.1, 0.15) is 23.6 Å². The first-order valence-electron chi connectivity index (χ1n) is 11.6. The number of halogens is 1. The minimum absolute atomic E-state index is 0.191. The molecule has 3 aromatic carbocycles. The maximum absolute atomic E-state index is 13.3. The van der Waals surface area contributed by atoms with E-state index in [0.717, 1.165) is 16.8 Å². The molecule has 0 radical (unpaired) electrons. The second-order valence-corrected chi connectivity index (χ2v) is 9.96. The molecule has 0 spiro atoms. The molecule has 0 saturated carbocycles. The zero-order valence-electron chi connectivity index (χ0n) is 20.5. The third kappa shape index (κ3) is 6.36. The van der Waals surface area contributed by atoms with Crippen LogP contribution in [0.2, 0.25) is 0 Å². The highest BCUT2D eigenvalue weighted by molar-refractivity contribution is 8.27. The lowest BCUT2D eigenvalue weighted by Gasteiger charge is -2.14. The minimum atomic E-state index is -0.391. The van der Waals surface area contributed by atoms with E-state index in [4.69, 9.17) is 21.7 Å². The first-order valence-corrected chi connectivity index (χ1v) is 12.8. The van der Waals surface area contributed by atoms with Gasteiger partial charge >= 0.3 is 0 Å². The fraction of sp³-hybridized carbons (Fsp3) is 0.179. The lowest BCUT2D eigenvalue weighted by Crippen LogP contribution is -2.27. The molecule has 1 aliphatic heterocycles. The number of carbonyl (C=O) groups excluding carboxylic acids is 2. The van der Waals surface area contributed by atoms with E-state index in [2.05, 4.69) is 5.32 Å². The molecule has 1 N–H and O–H groups in total. The van der Waals surface area contributed by atoms with Crippen LogP contribution in [0.3, 0.4) is 0 Å². The number of benzene rings is 3. The quantitative estimate of drug-likeness (QED) is 0.271. The van der Waals surface area contributed by atoms with Crippen LogP contribution in [-0.4, -0.2) is 29.3 Å². The van der Waals surface area contributed by atoms with Crippen LogP contribution >= 0.6 is 24.0 Å². The van der Waals surface area contributed by atoms with Gasteiger partial charge in [-0.3, -0.25) is 14.5 Å². The van der Waals surface area contributed by atoms with Gasteiger partial charge in [-0.2, -0.15) is 0 Å².